The van der Waals surface area contributed by atoms with Crippen LogP contribution in [-0.4, -0.2) is 195 Å². The molecule has 8 aliphatic heterocycles. The van der Waals surface area contributed by atoms with E-state index in [1.807, 2.05) is 71.8 Å². The van der Waals surface area contributed by atoms with Gasteiger partial charge in [-0.25, -0.2) is 19.2 Å². The highest BCUT2D eigenvalue weighted by Gasteiger charge is 2.43. The number of cyclic esters (lactones) is 2. The van der Waals surface area contributed by atoms with Gasteiger partial charge in [0.2, 0.25) is 0 Å². The van der Waals surface area contributed by atoms with Crippen LogP contribution in [0, 0.1) is 57.8 Å². The molecule has 25 nitrogen and oxygen atoms in total. The topological polar surface area (TPSA) is 298 Å². The number of nitrogens with zero attached hydrogens (tertiary/aromatic N) is 13. The van der Waals surface area contributed by atoms with Crippen LogP contribution in [0.1, 0.15) is 130 Å². The maximum atomic E-state index is 12.7. The summed E-state index contributed by atoms with van der Waals surface area (Å²) < 4.78 is 21.3. The first-order valence-electron chi connectivity index (χ1n) is 31.2. The van der Waals surface area contributed by atoms with E-state index in [0.717, 1.165) is 95.7 Å². The number of allylic oxidation sites excluding steroid dienone is 15. The lowest BCUT2D eigenvalue weighted by Gasteiger charge is -2.33. The van der Waals surface area contributed by atoms with Crippen LogP contribution in [0.25, 0.3) is 0 Å². The Bertz CT molecular complexity index is 3390. The molecule has 8 fully saturated rings. The van der Waals surface area contributed by atoms with Gasteiger partial charge in [0.15, 0.2) is 11.8 Å². The second-order valence-corrected chi connectivity index (χ2v) is 24.5. The minimum Gasteiger partial charge on any atom is -0.477 e. The first-order chi connectivity index (χ1) is 44.3. The highest BCUT2D eigenvalue weighted by molar-refractivity contribution is 6.29. The normalized spacial score (nSPS) is 21.5. The summed E-state index contributed by atoms with van der Waals surface area (Å²) in [4.78, 5) is 111. The Balaban J connectivity index is 0.000000413. The average Bonchev–Trinajstić information content (AvgIpc) is 1.36. The summed E-state index contributed by atoms with van der Waals surface area (Å²) in [6.45, 7) is 26.7. The Hall–Kier alpha value is -10.3. The van der Waals surface area contributed by atoms with Crippen molar-refractivity contribution in [2.24, 2.45) is 0 Å². The lowest BCUT2D eigenvalue weighted by molar-refractivity contribution is -0.222. The van der Waals surface area contributed by atoms with Crippen molar-refractivity contribution in [2.75, 3.05) is 80.7 Å². The van der Waals surface area contributed by atoms with Crippen molar-refractivity contribution >= 4 is 47.6 Å². The summed E-state index contributed by atoms with van der Waals surface area (Å²) in [7, 11) is 6.61. The van der Waals surface area contributed by atoms with E-state index < -0.39 is 53.4 Å². The Morgan fingerprint density at radius 3 is 1.47 bits per heavy atom. The molecule has 8 aliphatic rings. The van der Waals surface area contributed by atoms with Gasteiger partial charge >= 0.3 is 24.0 Å². The number of urea groups is 2. The number of esters is 2. The van der Waals surface area contributed by atoms with E-state index in [2.05, 4.69) is 48.4 Å². The van der Waals surface area contributed by atoms with E-state index in [-0.39, 0.29) is 41.8 Å². The number of likely N-dealkylation sites (tertiary alicyclic amines) is 3. The summed E-state index contributed by atoms with van der Waals surface area (Å²) in [6, 6.07) is 9.21. The molecule has 0 saturated carbocycles. The largest absolute Gasteiger partial charge is 0.477 e. The number of hydrogen-bond acceptors (Lipinski definition) is 21. The summed E-state index contributed by atoms with van der Waals surface area (Å²) >= 11 is 0. The number of terminal acetylenes is 1. The number of carbonyl (C=O) groups excluding carboxylic acids is 8. The second-order valence-electron chi connectivity index (χ2n) is 24.5. The fourth-order valence-electron chi connectivity index (χ4n) is 10.4. The molecular formula is C69H93N13O12. The monoisotopic (exact) mass is 1300 g/mol. The highest BCUT2D eigenvalue weighted by Crippen LogP contribution is 2.32. The SMILES string of the molecule is C#CN1CCC/C1=C/C=C(C#N)C#N.CC(C)N1CCC/C1=C/C=C(C#N)C#N.CCCN1C(=O)C(=C/C=C2/OCC(C)(C)N2CC)C(=O)N(CCC)C1=O.CN1/C(=C\C=C2C(=O)OC(C)(C)OC2=O)OCC1(C)C.CN1C(=O)C(=C/C=C2/CCCN2C)C(=O)N(C)C1=O.[HH].[HH]. The van der Waals surface area contributed by atoms with Crippen LogP contribution in [-0.2, 0) is 47.7 Å². The molecule has 8 saturated heterocycles. The lowest BCUT2D eigenvalue weighted by atomic mass is 10.1. The molecule has 94 heavy (non-hydrogen) atoms. The minimum atomic E-state index is -1.22. The number of nitriles is 4. The number of amides is 8. The number of rotatable bonds is 11. The Morgan fingerprint density at radius 1 is 0.553 bits per heavy atom. The van der Waals surface area contributed by atoms with Crippen LogP contribution in [0.3, 0.4) is 0 Å². The molecule has 0 unspecified atom stereocenters. The smallest absolute Gasteiger partial charge is 0.348 e. The van der Waals surface area contributed by atoms with Crippen LogP contribution < -0.4 is 0 Å². The van der Waals surface area contributed by atoms with Crippen molar-refractivity contribution in [1.29, 1.82) is 21.0 Å². The van der Waals surface area contributed by atoms with Crippen molar-refractivity contribution in [1.82, 2.24) is 44.1 Å². The van der Waals surface area contributed by atoms with Gasteiger partial charge in [-0.3, -0.25) is 38.8 Å². The standard InChI is InChI=1S/C19H29N3O4.C14H19NO5.C13H17N3O3.C12H15N3.C11H9N3.2H2/c1-6-11-20-16(23)14(17(24)21(12-7-2)18(20)25)9-10-15-22(8-3)19(4,5)13-26-15;1-13(2)8-18-10(15(13)5)7-6-9-11(16)19-14(3,4)20-12(9)17;1-14-8-4-5-9(14)6-7-10-11(17)15(2)13(19)16(3)12(10)18;1-10(2)15-7-3-4-12(15)6-5-11(8-13)9-14;1-2-14-7-3-4-11(14)6-5-10(8-12)9-13;;/h9-10H,6-8,11-13H2,1-5H3;6-7H,8H2,1-5H3;6-7H,4-5,8H2,1-3H3;5-6,10H,3-4,7H2,1-2H3;1,5-6H,3-4,7H2;2*1H/b15-10+;10-7+;9-6-;12-6-;11-6-;;. The van der Waals surface area contributed by atoms with E-state index in [0.29, 0.717) is 57.0 Å². The van der Waals surface area contributed by atoms with Gasteiger partial charge in [-0.2, -0.15) is 21.0 Å². The highest BCUT2D eigenvalue weighted by atomic mass is 16.7. The molecule has 0 N–H and O–H groups in total. The van der Waals surface area contributed by atoms with Crippen molar-refractivity contribution in [3.05, 3.63) is 117 Å². The first-order valence-corrected chi connectivity index (χ1v) is 31.2. The molecule has 0 radical (unpaired) electrons. The van der Waals surface area contributed by atoms with Gasteiger partial charge in [0.25, 0.3) is 29.4 Å². The first kappa shape index (κ1) is 76.1. The molecule has 0 aromatic rings. The third kappa shape index (κ3) is 19.6. The molecule has 0 aromatic heterocycles. The molecule has 0 aromatic carbocycles. The van der Waals surface area contributed by atoms with Gasteiger partial charge in [0.1, 0.15) is 65.4 Å². The van der Waals surface area contributed by atoms with E-state index in [4.69, 9.17) is 46.4 Å². The van der Waals surface area contributed by atoms with Crippen molar-refractivity contribution in [3.63, 3.8) is 0 Å². The summed E-state index contributed by atoms with van der Waals surface area (Å²) in [5, 5.41) is 34.2. The molecule has 0 spiro atoms. The zero-order chi connectivity index (χ0) is 70.4. The van der Waals surface area contributed by atoms with Gasteiger partial charge in [-0.15, -0.1) is 0 Å². The Labute approximate surface area is 556 Å². The van der Waals surface area contributed by atoms with E-state index in [1.54, 1.807) is 47.4 Å². The van der Waals surface area contributed by atoms with Crippen molar-refractivity contribution in [3.8, 4) is 36.7 Å². The van der Waals surface area contributed by atoms with Gasteiger partial charge < -0.3 is 43.4 Å². The quantitative estimate of drug-likeness (QED) is 0.0613. The van der Waals surface area contributed by atoms with E-state index in [1.165, 1.54) is 57.9 Å². The Morgan fingerprint density at radius 2 is 1.00 bits per heavy atom. The third-order valence-electron chi connectivity index (χ3n) is 15.9. The molecular weight excluding hydrogens is 1200 g/mol. The van der Waals surface area contributed by atoms with Crippen LogP contribution in [0.15, 0.2) is 117 Å². The maximum absolute atomic E-state index is 12.7. The van der Waals surface area contributed by atoms with Gasteiger partial charge in [0, 0.05) is 113 Å². The molecule has 25 heteroatoms. The molecule has 8 rings (SSSR count). The van der Waals surface area contributed by atoms with Crippen LogP contribution in [0.5, 0.6) is 0 Å². The van der Waals surface area contributed by atoms with Gasteiger partial charge in [0.05, 0.1) is 11.1 Å². The molecule has 8 heterocycles. The third-order valence-corrected chi connectivity index (χ3v) is 15.9. The number of carbonyl (C=O) groups is 8. The number of imide groups is 4. The van der Waals surface area contributed by atoms with Gasteiger partial charge in [-0.1, -0.05) is 20.3 Å². The van der Waals surface area contributed by atoms with Crippen LogP contribution in [0.2, 0.25) is 0 Å². The van der Waals surface area contributed by atoms with Crippen molar-refractivity contribution in [2.45, 2.75) is 150 Å². The minimum absolute atomic E-state index is 0. The number of barbiturate groups is 2. The number of likely N-dealkylation sites (N-methyl/N-ethyl adjacent to an activating group) is 4. The zero-order valence-corrected chi connectivity index (χ0v) is 57.0. The van der Waals surface area contributed by atoms with Crippen LogP contribution >= 0.6 is 0 Å². The zero-order valence-electron chi connectivity index (χ0n) is 57.0. The predicted octanol–water partition coefficient (Wildman–Crippen LogP) is 8.77. The average molecular weight is 1300 g/mol. The molecule has 0 atom stereocenters. The lowest BCUT2D eigenvalue weighted by Crippen LogP contribution is -2.56. The summed E-state index contributed by atoms with van der Waals surface area (Å²) in [5.74, 6) is -3.55. The molecule has 506 valence electrons. The fraction of sp³-hybridized carbons (Fsp3) is 0.507. The Kier molecular flexibility index (Phi) is 27.8. The van der Waals surface area contributed by atoms with Crippen LogP contribution in [0.4, 0.5) is 9.59 Å². The van der Waals surface area contributed by atoms with Gasteiger partial charge in [-0.05, 0) is 161 Å². The maximum Gasteiger partial charge on any atom is 0.348 e. The van der Waals surface area contributed by atoms with Crippen molar-refractivity contribution < 1.29 is 60.2 Å². The molecule has 8 amide bonds. The van der Waals surface area contributed by atoms with E-state index >= 15 is 0 Å². The van der Waals surface area contributed by atoms with E-state index in [9.17, 15) is 38.4 Å². The fourth-order valence-corrected chi connectivity index (χ4v) is 10.4. The summed E-state index contributed by atoms with van der Waals surface area (Å²) in [6.07, 6.45) is 28.9. The second kappa shape index (κ2) is 34.4. The molecule has 0 bridgehead atoms. The summed E-state index contributed by atoms with van der Waals surface area (Å²) in [5.41, 5.74) is 3.20. The number of hydrogen-bond donors (Lipinski definition) is 0. The molecule has 0 aliphatic carbocycles. The predicted molar refractivity (Wildman–Crippen MR) is 352 cm³/mol. The number of ether oxygens (including phenoxy) is 4.